The van der Waals surface area contributed by atoms with Gasteiger partial charge in [0.2, 0.25) is 0 Å². The molecule has 2 aromatic carbocycles. The fourth-order valence-electron chi connectivity index (χ4n) is 2.13. The van der Waals surface area contributed by atoms with Crippen molar-refractivity contribution in [3.05, 3.63) is 59.7 Å². The number of rotatable bonds is 9. The van der Waals surface area contributed by atoms with Crippen molar-refractivity contribution < 1.29 is 19.0 Å². The maximum atomic E-state index is 11.8. The van der Waals surface area contributed by atoms with Crippen molar-refractivity contribution in [2.45, 2.75) is 19.6 Å². The Morgan fingerprint density at radius 2 is 1.88 bits per heavy atom. The third-order valence-corrected chi connectivity index (χ3v) is 3.68. The highest BCUT2D eigenvalue weighted by Crippen LogP contribution is 2.28. The van der Waals surface area contributed by atoms with Crippen molar-refractivity contribution in [1.29, 1.82) is 0 Å². The first-order valence-corrected chi connectivity index (χ1v) is 8.56. The molecular weight excluding hydrogens is 342 g/mol. The van der Waals surface area contributed by atoms with Crippen LogP contribution in [0.25, 0.3) is 0 Å². The van der Waals surface area contributed by atoms with Gasteiger partial charge < -0.3 is 19.5 Å². The summed E-state index contributed by atoms with van der Waals surface area (Å²) in [4.78, 5) is 11.8. The van der Waals surface area contributed by atoms with E-state index in [4.69, 9.17) is 25.8 Å². The number of nitrogens with one attached hydrogen (secondary N) is 1. The van der Waals surface area contributed by atoms with Crippen LogP contribution in [0, 0.1) is 0 Å². The summed E-state index contributed by atoms with van der Waals surface area (Å²) >= 11 is 5.66. The third-order valence-electron chi connectivity index (χ3n) is 3.41. The molecule has 0 unspecified atom stereocenters. The molecule has 1 N–H and O–H groups in total. The van der Waals surface area contributed by atoms with Crippen molar-refractivity contribution in [2.24, 2.45) is 0 Å². The molecule has 0 aliphatic carbocycles. The number of carbonyl (C=O) groups is 1. The Labute approximate surface area is 152 Å². The standard InChI is InChI=1S/C19H22ClNO4/c1-23-17-9-8-16(12-18(17)24-11-5-10-20)13-21-19(22)25-14-15-6-3-2-4-7-15/h2-4,6-9,12H,5,10-11,13-14H2,1H3,(H,21,22). The quantitative estimate of drug-likeness (QED) is 0.537. The smallest absolute Gasteiger partial charge is 0.407 e. The highest BCUT2D eigenvalue weighted by atomic mass is 35.5. The first-order valence-electron chi connectivity index (χ1n) is 8.03. The van der Waals surface area contributed by atoms with E-state index in [0.717, 1.165) is 17.5 Å². The van der Waals surface area contributed by atoms with E-state index < -0.39 is 6.09 Å². The monoisotopic (exact) mass is 363 g/mol. The number of benzene rings is 2. The van der Waals surface area contributed by atoms with Crippen molar-refractivity contribution in [2.75, 3.05) is 19.6 Å². The van der Waals surface area contributed by atoms with Crippen LogP contribution in [0.4, 0.5) is 4.79 Å². The van der Waals surface area contributed by atoms with E-state index in [1.54, 1.807) is 7.11 Å². The molecule has 0 atom stereocenters. The van der Waals surface area contributed by atoms with Crippen molar-refractivity contribution >= 4 is 17.7 Å². The maximum absolute atomic E-state index is 11.8. The average Bonchev–Trinajstić information content (AvgIpc) is 2.66. The second-order valence-corrected chi connectivity index (χ2v) is 5.67. The van der Waals surface area contributed by atoms with Gasteiger partial charge >= 0.3 is 6.09 Å². The largest absolute Gasteiger partial charge is 0.493 e. The third kappa shape index (κ3) is 6.55. The van der Waals surface area contributed by atoms with Gasteiger partial charge in [-0.25, -0.2) is 4.79 Å². The van der Waals surface area contributed by atoms with Crippen LogP contribution in [0.5, 0.6) is 11.5 Å². The van der Waals surface area contributed by atoms with Gasteiger partial charge in [0.05, 0.1) is 13.7 Å². The van der Waals surface area contributed by atoms with E-state index in [9.17, 15) is 4.79 Å². The minimum Gasteiger partial charge on any atom is -0.493 e. The topological polar surface area (TPSA) is 56.8 Å². The highest BCUT2D eigenvalue weighted by molar-refractivity contribution is 6.17. The number of hydrogen-bond donors (Lipinski definition) is 1. The van der Waals surface area contributed by atoms with Gasteiger partial charge in [0, 0.05) is 12.4 Å². The molecule has 0 spiro atoms. The van der Waals surface area contributed by atoms with Crippen LogP contribution < -0.4 is 14.8 Å². The number of alkyl carbamates (subject to hydrolysis) is 1. The molecule has 5 nitrogen and oxygen atoms in total. The Morgan fingerprint density at radius 1 is 1.08 bits per heavy atom. The molecule has 0 bridgehead atoms. The number of hydrogen-bond acceptors (Lipinski definition) is 4. The van der Waals surface area contributed by atoms with Crippen molar-refractivity contribution in [3.8, 4) is 11.5 Å². The first kappa shape index (κ1) is 18.9. The molecule has 134 valence electrons. The Hall–Kier alpha value is -2.40. The van der Waals surface area contributed by atoms with Gasteiger partial charge in [0.15, 0.2) is 11.5 Å². The number of amides is 1. The Bertz CT molecular complexity index is 664. The summed E-state index contributed by atoms with van der Waals surface area (Å²) in [5, 5.41) is 2.72. The number of alkyl halides is 1. The highest BCUT2D eigenvalue weighted by Gasteiger charge is 2.08. The van der Waals surface area contributed by atoms with E-state index in [-0.39, 0.29) is 6.61 Å². The lowest BCUT2D eigenvalue weighted by molar-refractivity contribution is 0.139. The molecule has 1 amide bonds. The normalized spacial score (nSPS) is 10.2. The summed E-state index contributed by atoms with van der Waals surface area (Å²) in [5.41, 5.74) is 1.83. The van der Waals surface area contributed by atoms with Crippen LogP contribution in [-0.2, 0) is 17.9 Å². The Kier molecular flexibility index (Phi) is 7.92. The van der Waals surface area contributed by atoms with Crippen LogP contribution in [0.1, 0.15) is 17.5 Å². The molecular formula is C19H22ClNO4. The van der Waals surface area contributed by atoms with Crippen LogP contribution in [0.2, 0.25) is 0 Å². The van der Waals surface area contributed by atoms with E-state index in [2.05, 4.69) is 5.32 Å². The molecule has 2 aromatic rings. The molecule has 0 heterocycles. The molecule has 6 heteroatoms. The molecule has 0 saturated heterocycles. The number of ether oxygens (including phenoxy) is 3. The molecule has 0 aliphatic heterocycles. The van der Waals surface area contributed by atoms with Gasteiger partial charge in [-0.15, -0.1) is 11.6 Å². The zero-order valence-electron chi connectivity index (χ0n) is 14.2. The molecule has 2 rings (SSSR count). The van der Waals surface area contributed by atoms with Crippen molar-refractivity contribution in [3.63, 3.8) is 0 Å². The summed E-state index contributed by atoms with van der Waals surface area (Å²) in [6.45, 7) is 1.08. The molecule has 0 aliphatic rings. The van der Waals surface area contributed by atoms with Crippen molar-refractivity contribution in [1.82, 2.24) is 5.32 Å². The Balaban J connectivity index is 1.84. The lowest BCUT2D eigenvalue weighted by atomic mass is 10.2. The lowest BCUT2D eigenvalue weighted by Crippen LogP contribution is -2.23. The summed E-state index contributed by atoms with van der Waals surface area (Å²) in [6.07, 6.45) is 0.281. The fourth-order valence-corrected chi connectivity index (χ4v) is 2.24. The summed E-state index contributed by atoms with van der Waals surface area (Å²) < 4.78 is 16.1. The van der Waals surface area contributed by atoms with Gasteiger partial charge in [-0.05, 0) is 29.7 Å². The van der Waals surface area contributed by atoms with Crippen LogP contribution in [0.15, 0.2) is 48.5 Å². The number of halogens is 1. The van der Waals surface area contributed by atoms with Crippen LogP contribution >= 0.6 is 11.6 Å². The zero-order valence-corrected chi connectivity index (χ0v) is 14.9. The van der Waals surface area contributed by atoms with E-state index in [0.29, 0.717) is 30.5 Å². The average molecular weight is 364 g/mol. The minimum absolute atomic E-state index is 0.238. The fraction of sp³-hybridized carbons (Fsp3) is 0.316. The van der Waals surface area contributed by atoms with Gasteiger partial charge in [-0.3, -0.25) is 0 Å². The van der Waals surface area contributed by atoms with E-state index >= 15 is 0 Å². The Morgan fingerprint density at radius 3 is 2.60 bits per heavy atom. The number of carbonyl (C=O) groups excluding carboxylic acids is 1. The molecule has 0 saturated carbocycles. The van der Waals surface area contributed by atoms with Gasteiger partial charge in [0.25, 0.3) is 0 Å². The van der Waals surface area contributed by atoms with Crippen LogP contribution in [0.3, 0.4) is 0 Å². The summed E-state index contributed by atoms with van der Waals surface area (Å²) in [5.74, 6) is 1.81. The lowest BCUT2D eigenvalue weighted by Gasteiger charge is -2.12. The molecule has 0 fully saturated rings. The minimum atomic E-state index is -0.468. The SMILES string of the molecule is COc1ccc(CNC(=O)OCc2ccccc2)cc1OCCCCl. The van der Waals surface area contributed by atoms with Gasteiger partial charge in [0.1, 0.15) is 6.61 Å². The molecule has 25 heavy (non-hydrogen) atoms. The second kappa shape index (κ2) is 10.5. The number of methoxy groups -OCH3 is 1. The van der Waals surface area contributed by atoms with E-state index in [1.165, 1.54) is 0 Å². The predicted molar refractivity (Wildman–Crippen MR) is 97.3 cm³/mol. The summed E-state index contributed by atoms with van der Waals surface area (Å²) in [7, 11) is 1.59. The maximum Gasteiger partial charge on any atom is 0.407 e. The van der Waals surface area contributed by atoms with Crippen LogP contribution in [-0.4, -0.2) is 25.7 Å². The van der Waals surface area contributed by atoms with Gasteiger partial charge in [-0.1, -0.05) is 36.4 Å². The predicted octanol–water partition coefficient (Wildman–Crippen LogP) is 4.13. The zero-order chi connectivity index (χ0) is 17.9. The second-order valence-electron chi connectivity index (χ2n) is 5.29. The van der Waals surface area contributed by atoms with Gasteiger partial charge in [-0.2, -0.15) is 0 Å². The first-order chi connectivity index (χ1) is 12.2. The molecule has 0 radical (unpaired) electrons. The summed E-state index contributed by atoms with van der Waals surface area (Å²) in [6, 6.07) is 15.0. The van der Waals surface area contributed by atoms with E-state index in [1.807, 2.05) is 48.5 Å². The molecule has 0 aromatic heterocycles.